The topological polar surface area (TPSA) is 26.0 Å². The van der Waals surface area contributed by atoms with Gasteiger partial charge in [0.05, 0.1) is 0 Å². The van der Waals surface area contributed by atoms with Crippen LogP contribution in [0.3, 0.4) is 0 Å². The second-order valence-electron chi connectivity index (χ2n) is 2.29. The molecule has 1 aromatic rings. The molecule has 0 radical (unpaired) electrons. The van der Waals surface area contributed by atoms with E-state index >= 15 is 0 Å². The van der Waals surface area contributed by atoms with Crippen molar-refractivity contribution in [3.8, 4) is 0 Å². The van der Waals surface area contributed by atoms with Gasteiger partial charge in [0.1, 0.15) is 0 Å². The summed E-state index contributed by atoms with van der Waals surface area (Å²) < 4.78 is 0. The molecule has 0 aromatic heterocycles. The number of nitrogens with two attached hydrogens (primary N) is 1. The van der Waals surface area contributed by atoms with Crippen LogP contribution in [-0.2, 0) is 32.7 Å². The average Bonchev–Trinajstić information content (AvgIpc) is 1.88. The Labute approximate surface area is 92.6 Å². The van der Waals surface area contributed by atoms with Crippen LogP contribution in [0.2, 0.25) is 0 Å². The van der Waals surface area contributed by atoms with Crippen LogP contribution in [0, 0.1) is 6.07 Å². The number of nitrogen functional groups attached to an aromatic ring is 1. The summed E-state index contributed by atoms with van der Waals surface area (Å²) in [5, 5.41) is 0. The fraction of sp³-hybridized carbons (Fsp3) is 0.111. The first-order valence-electron chi connectivity index (χ1n) is 3.13. The van der Waals surface area contributed by atoms with Gasteiger partial charge in [0, 0.05) is 0 Å². The van der Waals surface area contributed by atoms with Crippen LogP contribution >= 0.6 is 0 Å². The van der Waals surface area contributed by atoms with Crippen molar-refractivity contribution in [3.05, 3.63) is 36.4 Å². The van der Waals surface area contributed by atoms with Crippen molar-refractivity contribution in [2.24, 2.45) is 0 Å². The van der Waals surface area contributed by atoms with Gasteiger partial charge in [-0.15, -0.1) is 23.8 Å². The van der Waals surface area contributed by atoms with E-state index in [1.54, 1.807) is 6.07 Å². The zero-order valence-corrected chi connectivity index (χ0v) is 9.43. The normalized spacial score (nSPS) is 8.45. The summed E-state index contributed by atoms with van der Waals surface area (Å²) in [6, 6.07) is 8.40. The molecule has 0 atom stereocenters. The molecule has 0 aliphatic rings. The summed E-state index contributed by atoms with van der Waals surface area (Å²) in [4.78, 5) is 0. The van der Waals surface area contributed by atoms with Gasteiger partial charge in [-0.3, -0.25) is 0 Å². The Balaban J connectivity index is 0.000001000. The first-order valence-corrected chi connectivity index (χ1v) is 3.13. The van der Waals surface area contributed by atoms with Gasteiger partial charge in [0.25, 0.3) is 0 Å². The van der Waals surface area contributed by atoms with E-state index in [2.05, 4.69) is 12.6 Å². The van der Waals surface area contributed by atoms with Crippen molar-refractivity contribution in [1.82, 2.24) is 0 Å². The molecule has 0 spiro atoms. The van der Waals surface area contributed by atoms with Gasteiger partial charge >= 0.3 is 32.7 Å². The SMILES string of the molecule is C=C(C)c1c[c-]ccc1N.[Y+3]. The van der Waals surface area contributed by atoms with Gasteiger partial charge in [-0.1, -0.05) is 12.6 Å². The summed E-state index contributed by atoms with van der Waals surface area (Å²) in [5.41, 5.74) is 8.38. The van der Waals surface area contributed by atoms with E-state index in [1.165, 1.54) is 0 Å². The van der Waals surface area contributed by atoms with Crippen molar-refractivity contribution < 1.29 is 32.7 Å². The molecule has 2 heteroatoms. The van der Waals surface area contributed by atoms with Gasteiger partial charge in [-0.2, -0.15) is 18.2 Å². The predicted molar refractivity (Wildman–Crippen MR) is 44.4 cm³/mol. The number of rotatable bonds is 1. The van der Waals surface area contributed by atoms with Crippen molar-refractivity contribution in [2.75, 3.05) is 5.73 Å². The van der Waals surface area contributed by atoms with Crippen LogP contribution in [-0.4, -0.2) is 0 Å². The van der Waals surface area contributed by atoms with Crippen molar-refractivity contribution in [1.29, 1.82) is 0 Å². The molecule has 0 bridgehead atoms. The van der Waals surface area contributed by atoms with E-state index in [4.69, 9.17) is 5.73 Å². The molecule has 0 aliphatic carbocycles. The van der Waals surface area contributed by atoms with E-state index in [9.17, 15) is 0 Å². The Hall–Kier alpha value is -0.136. The van der Waals surface area contributed by atoms with Crippen LogP contribution in [0.25, 0.3) is 5.57 Å². The van der Waals surface area contributed by atoms with Crippen LogP contribution < -0.4 is 5.73 Å². The predicted octanol–water partition coefficient (Wildman–Crippen LogP) is 2.10. The molecule has 0 unspecified atom stereocenters. The Morgan fingerprint density at radius 3 is 2.64 bits per heavy atom. The number of hydrogen-bond donors (Lipinski definition) is 1. The summed E-state index contributed by atoms with van der Waals surface area (Å²) >= 11 is 0. The molecule has 0 saturated heterocycles. The molecule has 0 heterocycles. The van der Waals surface area contributed by atoms with E-state index in [0.717, 1.165) is 16.8 Å². The molecular weight excluding hydrogens is 211 g/mol. The zero-order valence-electron chi connectivity index (χ0n) is 6.59. The molecule has 11 heavy (non-hydrogen) atoms. The molecule has 1 rings (SSSR count). The van der Waals surface area contributed by atoms with Gasteiger partial charge in [0.15, 0.2) is 0 Å². The van der Waals surface area contributed by atoms with Crippen molar-refractivity contribution >= 4 is 11.3 Å². The van der Waals surface area contributed by atoms with E-state index in [-0.39, 0.29) is 32.7 Å². The third-order valence-electron chi connectivity index (χ3n) is 1.36. The Morgan fingerprint density at radius 1 is 1.64 bits per heavy atom. The molecule has 0 saturated carbocycles. The number of allylic oxidation sites excluding steroid dienone is 1. The van der Waals surface area contributed by atoms with Gasteiger partial charge in [-0.25, -0.2) is 0 Å². The van der Waals surface area contributed by atoms with Gasteiger partial charge in [0.2, 0.25) is 0 Å². The third-order valence-corrected chi connectivity index (χ3v) is 1.36. The standard InChI is InChI=1S/C9H10N.Y/c1-7(2)8-5-3-4-6-9(8)10;/h4-6H,1,10H2,2H3;/q-1;+3. The molecule has 0 aliphatic heterocycles. The minimum atomic E-state index is 0. The zero-order chi connectivity index (χ0) is 7.56. The van der Waals surface area contributed by atoms with Gasteiger partial charge < -0.3 is 5.73 Å². The largest absolute Gasteiger partial charge is 3.00 e. The smallest absolute Gasteiger partial charge is 0.419 e. The second-order valence-corrected chi connectivity index (χ2v) is 2.29. The van der Waals surface area contributed by atoms with Crippen molar-refractivity contribution in [2.45, 2.75) is 6.92 Å². The molecule has 0 fully saturated rings. The quantitative estimate of drug-likeness (QED) is 0.570. The van der Waals surface area contributed by atoms with Crippen LogP contribution in [0.15, 0.2) is 24.8 Å². The molecular formula is C9H10NY+2. The minimum absolute atomic E-state index is 0. The molecule has 52 valence electrons. The summed E-state index contributed by atoms with van der Waals surface area (Å²) in [7, 11) is 0. The number of anilines is 1. The minimum Gasteiger partial charge on any atom is -0.419 e. The van der Waals surface area contributed by atoms with E-state index in [1.807, 2.05) is 19.1 Å². The van der Waals surface area contributed by atoms with E-state index < -0.39 is 0 Å². The second kappa shape index (κ2) is 4.68. The van der Waals surface area contributed by atoms with Crippen LogP contribution in [0.5, 0.6) is 0 Å². The monoisotopic (exact) mass is 221 g/mol. The maximum Gasteiger partial charge on any atom is 3.00 e. The molecule has 1 aromatic carbocycles. The fourth-order valence-electron chi connectivity index (χ4n) is 0.812. The first-order chi connectivity index (χ1) is 4.72. The number of benzene rings is 1. The van der Waals surface area contributed by atoms with E-state index in [0.29, 0.717) is 0 Å². The van der Waals surface area contributed by atoms with Gasteiger partial charge in [-0.05, 0) is 0 Å². The Morgan fingerprint density at radius 2 is 2.27 bits per heavy atom. The Bertz CT molecular complexity index is 255. The summed E-state index contributed by atoms with van der Waals surface area (Å²) in [6.45, 7) is 5.72. The molecule has 1 nitrogen and oxygen atoms in total. The van der Waals surface area contributed by atoms with Crippen molar-refractivity contribution in [3.63, 3.8) is 0 Å². The van der Waals surface area contributed by atoms with Crippen LogP contribution in [0.4, 0.5) is 5.69 Å². The fourth-order valence-corrected chi connectivity index (χ4v) is 0.812. The number of hydrogen-bond acceptors (Lipinski definition) is 1. The average molecular weight is 221 g/mol. The summed E-state index contributed by atoms with van der Waals surface area (Å²) in [5.74, 6) is 0. The maximum absolute atomic E-state index is 5.64. The first kappa shape index (κ1) is 10.9. The molecule has 2 N–H and O–H groups in total. The summed E-state index contributed by atoms with van der Waals surface area (Å²) in [6.07, 6.45) is 0. The maximum atomic E-state index is 5.64. The van der Waals surface area contributed by atoms with Crippen LogP contribution in [0.1, 0.15) is 12.5 Å². The Kier molecular flexibility index (Phi) is 4.63. The third kappa shape index (κ3) is 2.76. The molecule has 0 amide bonds.